The molecule has 0 heterocycles. The molecule has 106 valence electrons. The van der Waals surface area contributed by atoms with Crippen molar-refractivity contribution >= 4 is 5.97 Å². The van der Waals surface area contributed by atoms with Gasteiger partial charge >= 0.3 is 5.97 Å². The molecule has 19 heavy (non-hydrogen) atoms. The Morgan fingerprint density at radius 1 is 1.37 bits per heavy atom. The fourth-order valence-corrected chi connectivity index (χ4v) is 1.95. The Balaban J connectivity index is 2.68. The molecule has 0 fully saturated rings. The lowest BCUT2D eigenvalue weighted by Gasteiger charge is -2.23. The molecule has 0 radical (unpaired) electrons. The van der Waals surface area contributed by atoms with E-state index in [1.54, 1.807) is 6.92 Å². The van der Waals surface area contributed by atoms with E-state index in [1.165, 1.54) is 7.11 Å². The second kappa shape index (κ2) is 7.92. The third-order valence-electron chi connectivity index (χ3n) is 3.11. The number of ether oxygens (including phenoxy) is 1. The van der Waals surface area contributed by atoms with Crippen LogP contribution < -0.4 is 0 Å². The van der Waals surface area contributed by atoms with Gasteiger partial charge in [-0.05, 0) is 26.0 Å². The molecule has 0 amide bonds. The number of nitrogens with zero attached hydrogens (tertiary/aromatic N) is 1. The standard InChI is InChI=1S/C15H23NO3/c1-12(17)9-10-16(2)11-14(15(18)19-3)13-7-5-4-6-8-13/h4-8,12,14,17H,9-11H2,1-3H3. The fourth-order valence-electron chi connectivity index (χ4n) is 1.95. The average Bonchev–Trinajstić information content (AvgIpc) is 2.42. The first-order valence-corrected chi connectivity index (χ1v) is 6.54. The minimum atomic E-state index is -0.323. The molecule has 0 aliphatic rings. The summed E-state index contributed by atoms with van der Waals surface area (Å²) in [5.41, 5.74) is 0.957. The summed E-state index contributed by atoms with van der Waals surface area (Å²) in [4.78, 5) is 13.9. The molecular formula is C15H23NO3. The molecule has 0 aromatic heterocycles. The lowest BCUT2D eigenvalue weighted by atomic mass is 9.98. The molecule has 1 N–H and O–H groups in total. The van der Waals surface area contributed by atoms with Crippen molar-refractivity contribution in [1.82, 2.24) is 4.90 Å². The van der Waals surface area contributed by atoms with E-state index in [9.17, 15) is 9.90 Å². The first-order chi connectivity index (χ1) is 9.04. The molecule has 2 unspecified atom stereocenters. The van der Waals surface area contributed by atoms with Gasteiger partial charge in [-0.1, -0.05) is 30.3 Å². The van der Waals surface area contributed by atoms with E-state index < -0.39 is 0 Å². The number of esters is 1. The summed E-state index contributed by atoms with van der Waals surface area (Å²) in [5, 5.41) is 9.29. The van der Waals surface area contributed by atoms with E-state index in [-0.39, 0.29) is 18.0 Å². The van der Waals surface area contributed by atoms with E-state index in [0.29, 0.717) is 13.0 Å². The van der Waals surface area contributed by atoms with Crippen molar-refractivity contribution in [1.29, 1.82) is 0 Å². The largest absolute Gasteiger partial charge is 0.469 e. The summed E-state index contributed by atoms with van der Waals surface area (Å²) < 4.78 is 4.88. The highest BCUT2D eigenvalue weighted by Gasteiger charge is 2.22. The molecule has 0 saturated carbocycles. The van der Waals surface area contributed by atoms with Gasteiger partial charge in [0.15, 0.2) is 0 Å². The zero-order valence-electron chi connectivity index (χ0n) is 11.9. The topological polar surface area (TPSA) is 49.8 Å². The van der Waals surface area contributed by atoms with E-state index in [2.05, 4.69) is 0 Å². The number of hydrogen-bond acceptors (Lipinski definition) is 4. The number of aliphatic hydroxyl groups excluding tert-OH is 1. The maximum Gasteiger partial charge on any atom is 0.314 e. The minimum absolute atomic E-state index is 0.227. The number of carbonyl (C=O) groups is 1. The molecule has 1 aromatic rings. The monoisotopic (exact) mass is 265 g/mol. The maximum atomic E-state index is 11.9. The molecule has 4 heteroatoms. The Labute approximate surface area is 115 Å². The van der Waals surface area contributed by atoms with E-state index in [4.69, 9.17) is 4.74 Å². The summed E-state index contributed by atoms with van der Waals surface area (Å²) in [5.74, 6) is -0.514. The van der Waals surface area contributed by atoms with Crippen molar-refractivity contribution in [2.45, 2.75) is 25.4 Å². The highest BCUT2D eigenvalue weighted by molar-refractivity contribution is 5.78. The highest BCUT2D eigenvalue weighted by Crippen LogP contribution is 2.18. The number of benzene rings is 1. The lowest BCUT2D eigenvalue weighted by Crippen LogP contribution is -2.31. The molecular weight excluding hydrogens is 242 g/mol. The van der Waals surface area contributed by atoms with Crippen LogP contribution >= 0.6 is 0 Å². The lowest BCUT2D eigenvalue weighted by molar-refractivity contribution is -0.142. The Bertz CT molecular complexity index is 378. The Kier molecular flexibility index (Phi) is 6.53. The van der Waals surface area contributed by atoms with Gasteiger partial charge in [0.1, 0.15) is 0 Å². The third kappa shape index (κ3) is 5.41. The zero-order chi connectivity index (χ0) is 14.3. The van der Waals surface area contributed by atoms with Crippen molar-refractivity contribution < 1.29 is 14.6 Å². The summed E-state index contributed by atoms with van der Waals surface area (Å²) in [7, 11) is 3.36. The Morgan fingerprint density at radius 2 is 2.00 bits per heavy atom. The van der Waals surface area contributed by atoms with Crippen LogP contribution in [0.2, 0.25) is 0 Å². The predicted molar refractivity (Wildman–Crippen MR) is 75.0 cm³/mol. The second-order valence-electron chi connectivity index (χ2n) is 4.89. The molecule has 4 nitrogen and oxygen atoms in total. The van der Waals surface area contributed by atoms with Crippen LogP contribution in [0.15, 0.2) is 30.3 Å². The molecule has 1 aromatic carbocycles. The summed E-state index contributed by atoms with van der Waals surface area (Å²) >= 11 is 0. The first-order valence-electron chi connectivity index (χ1n) is 6.54. The number of methoxy groups -OCH3 is 1. The normalized spacial score (nSPS) is 14.2. The SMILES string of the molecule is COC(=O)C(CN(C)CCC(C)O)c1ccccc1. The summed E-state index contributed by atoms with van der Waals surface area (Å²) in [6.07, 6.45) is 0.370. The molecule has 1 rings (SSSR count). The smallest absolute Gasteiger partial charge is 0.314 e. The van der Waals surface area contributed by atoms with E-state index in [1.807, 2.05) is 42.3 Å². The number of rotatable bonds is 7. The molecule has 0 saturated heterocycles. The Morgan fingerprint density at radius 3 is 2.53 bits per heavy atom. The van der Waals surface area contributed by atoms with Crippen molar-refractivity contribution in [2.24, 2.45) is 0 Å². The van der Waals surface area contributed by atoms with Gasteiger partial charge in [-0.3, -0.25) is 4.79 Å². The summed E-state index contributed by atoms with van der Waals surface area (Å²) in [6, 6.07) is 9.63. The van der Waals surface area contributed by atoms with Crippen LogP contribution in [0, 0.1) is 0 Å². The van der Waals surface area contributed by atoms with Crippen molar-refractivity contribution in [3.8, 4) is 0 Å². The average molecular weight is 265 g/mol. The summed E-state index contributed by atoms with van der Waals surface area (Å²) in [6.45, 7) is 3.10. The molecule has 0 aliphatic carbocycles. The fraction of sp³-hybridized carbons (Fsp3) is 0.533. The zero-order valence-corrected chi connectivity index (χ0v) is 11.9. The highest BCUT2D eigenvalue weighted by atomic mass is 16.5. The number of carbonyl (C=O) groups excluding carboxylic acids is 1. The molecule has 0 aliphatic heterocycles. The van der Waals surface area contributed by atoms with Gasteiger partial charge in [0, 0.05) is 13.1 Å². The van der Waals surface area contributed by atoms with Gasteiger partial charge in [-0.25, -0.2) is 0 Å². The predicted octanol–water partition coefficient (Wildman–Crippen LogP) is 1.65. The molecule has 0 bridgehead atoms. The van der Waals surface area contributed by atoms with Crippen LogP contribution in [-0.4, -0.2) is 49.3 Å². The van der Waals surface area contributed by atoms with Crippen LogP contribution in [0.1, 0.15) is 24.8 Å². The van der Waals surface area contributed by atoms with Gasteiger partial charge in [0.2, 0.25) is 0 Å². The number of likely N-dealkylation sites (N-methyl/N-ethyl adjacent to an activating group) is 1. The maximum absolute atomic E-state index is 11.9. The molecule has 0 spiro atoms. The van der Waals surface area contributed by atoms with Gasteiger partial charge < -0.3 is 14.7 Å². The van der Waals surface area contributed by atoms with E-state index in [0.717, 1.165) is 12.1 Å². The Hall–Kier alpha value is -1.39. The van der Waals surface area contributed by atoms with Gasteiger partial charge in [0.05, 0.1) is 19.1 Å². The van der Waals surface area contributed by atoms with E-state index >= 15 is 0 Å². The minimum Gasteiger partial charge on any atom is -0.469 e. The second-order valence-corrected chi connectivity index (χ2v) is 4.89. The quantitative estimate of drug-likeness (QED) is 0.762. The third-order valence-corrected chi connectivity index (χ3v) is 3.11. The van der Waals surface area contributed by atoms with Crippen LogP contribution in [0.5, 0.6) is 0 Å². The number of aliphatic hydroxyl groups is 1. The van der Waals surface area contributed by atoms with Gasteiger partial charge in [-0.15, -0.1) is 0 Å². The van der Waals surface area contributed by atoms with Crippen LogP contribution in [0.4, 0.5) is 0 Å². The van der Waals surface area contributed by atoms with Gasteiger partial charge in [0.25, 0.3) is 0 Å². The molecule has 2 atom stereocenters. The van der Waals surface area contributed by atoms with Crippen LogP contribution in [0.25, 0.3) is 0 Å². The van der Waals surface area contributed by atoms with Gasteiger partial charge in [-0.2, -0.15) is 0 Å². The van der Waals surface area contributed by atoms with Crippen molar-refractivity contribution in [3.63, 3.8) is 0 Å². The van der Waals surface area contributed by atoms with Crippen LogP contribution in [0.3, 0.4) is 0 Å². The number of hydrogen-bond donors (Lipinski definition) is 1. The van der Waals surface area contributed by atoms with Crippen molar-refractivity contribution in [3.05, 3.63) is 35.9 Å². The van der Waals surface area contributed by atoms with Crippen LogP contribution in [-0.2, 0) is 9.53 Å². The first kappa shape index (κ1) is 15.7. The van der Waals surface area contributed by atoms with Crippen molar-refractivity contribution in [2.75, 3.05) is 27.2 Å².